The third-order valence-electron chi connectivity index (χ3n) is 3.76. The number of ether oxygens (including phenoxy) is 1. The number of carbonyl (C=O) groups excluding carboxylic acids is 1. The lowest BCUT2D eigenvalue weighted by molar-refractivity contribution is 0.0720. The number of aromatic nitrogens is 3. The summed E-state index contributed by atoms with van der Waals surface area (Å²) in [5, 5.41) is 7.06. The monoisotopic (exact) mass is 286 g/mol. The zero-order chi connectivity index (χ0) is 14.8. The zero-order valence-corrected chi connectivity index (χ0v) is 12.2. The number of fused-ring (bicyclic) bond motifs is 1. The molecular weight excluding hydrogens is 268 g/mol. The maximum Gasteiger partial charge on any atom is 0.275 e. The van der Waals surface area contributed by atoms with Crippen molar-refractivity contribution in [1.82, 2.24) is 20.1 Å². The zero-order valence-electron chi connectivity index (χ0n) is 12.2. The van der Waals surface area contributed by atoms with Crippen molar-refractivity contribution in [2.75, 3.05) is 20.3 Å². The quantitative estimate of drug-likeness (QED) is 0.849. The Kier molecular flexibility index (Phi) is 3.70. The smallest absolute Gasteiger partial charge is 0.275 e. The first-order chi connectivity index (χ1) is 10.2. The lowest BCUT2D eigenvalue weighted by atomic mass is 10.0. The SMILES string of the molecule is COCCCN1C(=O)c2n[nH]c(C)c2C1c1ccccn1. The van der Waals surface area contributed by atoms with Crippen LogP contribution in [0, 0.1) is 6.92 Å². The largest absolute Gasteiger partial charge is 0.385 e. The van der Waals surface area contributed by atoms with Gasteiger partial charge in [0.2, 0.25) is 0 Å². The van der Waals surface area contributed by atoms with Crippen LogP contribution in [-0.4, -0.2) is 46.2 Å². The minimum Gasteiger partial charge on any atom is -0.385 e. The highest BCUT2D eigenvalue weighted by atomic mass is 16.5. The van der Waals surface area contributed by atoms with E-state index < -0.39 is 0 Å². The Morgan fingerprint density at radius 2 is 2.29 bits per heavy atom. The Morgan fingerprint density at radius 1 is 1.43 bits per heavy atom. The number of aryl methyl sites for hydroxylation is 1. The van der Waals surface area contributed by atoms with Crippen LogP contribution < -0.4 is 0 Å². The molecule has 1 unspecified atom stereocenters. The highest BCUT2D eigenvalue weighted by Crippen LogP contribution is 2.38. The summed E-state index contributed by atoms with van der Waals surface area (Å²) in [6, 6.07) is 5.60. The molecule has 0 bridgehead atoms. The van der Waals surface area contributed by atoms with E-state index in [2.05, 4.69) is 15.2 Å². The molecule has 0 radical (unpaired) electrons. The predicted molar refractivity (Wildman–Crippen MR) is 76.9 cm³/mol. The van der Waals surface area contributed by atoms with Crippen LogP contribution in [0.4, 0.5) is 0 Å². The summed E-state index contributed by atoms with van der Waals surface area (Å²) in [6.45, 7) is 3.19. The minimum absolute atomic E-state index is 0.0406. The van der Waals surface area contributed by atoms with Crippen LogP contribution in [0.2, 0.25) is 0 Å². The van der Waals surface area contributed by atoms with Gasteiger partial charge in [-0.05, 0) is 25.5 Å². The maximum atomic E-state index is 12.6. The van der Waals surface area contributed by atoms with E-state index >= 15 is 0 Å². The molecule has 0 aliphatic carbocycles. The number of nitrogens with one attached hydrogen (secondary N) is 1. The molecule has 1 aliphatic heterocycles. The molecule has 110 valence electrons. The second-order valence-corrected chi connectivity index (χ2v) is 5.11. The van der Waals surface area contributed by atoms with Crippen LogP contribution in [-0.2, 0) is 4.74 Å². The van der Waals surface area contributed by atoms with Gasteiger partial charge in [-0.3, -0.25) is 14.9 Å². The number of carbonyl (C=O) groups is 1. The van der Waals surface area contributed by atoms with Crippen LogP contribution in [0.1, 0.15) is 39.9 Å². The van der Waals surface area contributed by atoms with Crippen molar-refractivity contribution in [3.63, 3.8) is 0 Å². The second-order valence-electron chi connectivity index (χ2n) is 5.11. The normalized spacial score (nSPS) is 17.3. The average molecular weight is 286 g/mol. The summed E-state index contributed by atoms with van der Waals surface area (Å²) in [7, 11) is 1.66. The van der Waals surface area contributed by atoms with E-state index in [1.165, 1.54) is 0 Å². The lowest BCUT2D eigenvalue weighted by Crippen LogP contribution is -2.31. The van der Waals surface area contributed by atoms with Crippen LogP contribution >= 0.6 is 0 Å². The minimum atomic E-state index is -0.163. The highest BCUT2D eigenvalue weighted by molar-refractivity contribution is 5.98. The van der Waals surface area contributed by atoms with Gasteiger partial charge in [-0.15, -0.1) is 0 Å². The molecule has 1 atom stereocenters. The molecule has 6 nitrogen and oxygen atoms in total. The van der Waals surface area contributed by atoms with Crippen molar-refractivity contribution >= 4 is 5.91 Å². The maximum absolute atomic E-state index is 12.6. The third kappa shape index (κ3) is 2.31. The first kappa shape index (κ1) is 13.8. The number of pyridine rings is 1. The number of nitrogens with zero attached hydrogens (tertiary/aromatic N) is 3. The number of H-pyrrole nitrogens is 1. The van der Waals surface area contributed by atoms with E-state index in [0.29, 0.717) is 18.8 Å². The van der Waals surface area contributed by atoms with Gasteiger partial charge in [0.15, 0.2) is 5.69 Å². The topological polar surface area (TPSA) is 71.1 Å². The molecule has 0 fully saturated rings. The van der Waals surface area contributed by atoms with Crippen LogP contribution in [0.15, 0.2) is 24.4 Å². The van der Waals surface area contributed by atoms with Gasteiger partial charge in [-0.25, -0.2) is 0 Å². The van der Waals surface area contributed by atoms with Gasteiger partial charge in [0.25, 0.3) is 5.91 Å². The molecule has 3 rings (SSSR count). The summed E-state index contributed by atoms with van der Waals surface area (Å²) in [4.78, 5) is 18.8. The van der Waals surface area contributed by atoms with Crippen molar-refractivity contribution in [3.8, 4) is 0 Å². The van der Waals surface area contributed by atoms with Crippen molar-refractivity contribution in [3.05, 3.63) is 47.0 Å². The molecule has 0 saturated carbocycles. The summed E-state index contributed by atoms with van der Waals surface area (Å²) in [5.74, 6) is -0.0406. The summed E-state index contributed by atoms with van der Waals surface area (Å²) < 4.78 is 5.08. The van der Waals surface area contributed by atoms with Crippen LogP contribution in [0.3, 0.4) is 0 Å². The van der Waals surface area contributed by atoms with Crippen molar-refractivity contribution in [2.24, 2.45) is 0 Å². The molecule has 1 aliphatic rings. The Hall–Kier alpha value is -2.21. The molecule has 3 heterocycles. The number of hydrogen-bond acceptors (Lipinski definition) is 4. The van der Waals surface area contributed by atoms with Gasteiger partial charge in [0, 0.05) is 37.7 Å². The third-order valence-corrected chi connectivity index (χ3v) is 3.76. The van der Waals surface area contributed by atoms with Crippen LogP contribution in [0.5, 0.6) is 0 Å². The number of aromatic amines is 1. The number of hydrogen-bond donors (Lipinski definition) is 1. The first-order valence-electron chi connectivity index (χ1n) is 6.99. The van der Waals surface area contributed by atoms with Gasteiger partial charge in [0.1, 0.15) is 6.04 Å². The number of methoxy groups -OCH3 is 1. The van der Waals surface area contributed by atoms with E-state index in [1.807, 2.05) is 30.0 Å². The second kappa shape index (κ2) is 5.65. The standard InChI is InChI=1S/C15H18N4O2/c1-10-12-13(18-17-10)15(20)19(8-5-9-21-2)14(12)11-6-3-4-7-16-11/h3-4,6-7,14H,5,8-9H2,1-2H3,(H,17,18). The van der Waals surface area contributed by atoms with E-state index in [0.717, 1.165) is 23.4 Å². The Morgan fingerprint density at radius 3 is 3.00 bits per heavy atom. The summed E-state index contributed by atoms with van der Waals surface area (Å²) in [6.07, 6.45) is 2.54. The van der Waals surface area contributed by atoms with Crippen molar-refractivity contribution in [1.29, 1.82) is 0 Å². The van der Waals surface area contributed by atoms with Gasteiger partial charge in [0.05, 0.1) is 5.69 Å². The fourth-order valence-corrected chi connectivity index (χ4v) is 2.80. The van der Waals surface area contributed by atoms with Crippen LogP contribution in [0.25, 0.3) is 0 Å². The summed E-state index contributed by atoms with van der Waals surface area (Å²) in [5.41, 5.74) is 3.24. The first-order valence-corrected chi connectivity index (χ1v) is 6.99. The van der Waals surface area contributed by atoms with Gasteiger partial charge < -0.3 is 9.64 Å². The molecule has 2 aromatic rings. The van der Waals surface area contributed by atoms with Gasteiger partial charge in [-0.1, -0.05) is 6.07 Å². The molecule has 2 aromatic heterocycles. The molecule has 21 heavy (non-hydrogen) atoms. The Bertz CT molecular complexity index is 638. The van der Waals surface area contributed by atoms with Crippen molar-refractivity contribution < 1.29 is 9.53 Å². The average Bonchev–Trinajstić information content (AvgIpc) is 3.01. The molecule has 0 aromatic carbocycles. The molecule has 0 spiro atoms. The molecule has 6 heteroatoms. The number of amides is 1. The fraction of sp³-hybridized carbons (Fsp3) is 0.400. The lowest BCUT2D eigenvalue weighted by Gasteiger charge is -2.25. The molecule has 1 N–H and O–H groups in total. The molecule has 1 amide bonds. The Labute approximate surface area is 123 Å². The van der Waals surface area contributed by atoms with E-state index in [1.54, 1.807) is 13.3 Å². The van der Waals surface area contributed by atoms with Crippen molar-refractivity contribution in [2.45, 2.75) is 19.4 Å². The number of rotatable bonds is 5. The molecule has 0 saturated heterocycles. The summed E-state index contributed by atoms with van der Waals surface area (Å²) >= 11 is 0. The highest BCUT2D eigenvalue weighted by Gasteiger charge is 2.41. The van der Waals surface area contributed by atoms with E-state index in [-0.39, 0.29) is 11.9 Å². The van der Waals surface area contributed by atoms with Gasteiger partial charge in [-0.2, -0.15) is 5.10 Å². The van der Waals surface area contributed by atoms with Gasteiger partial charge >= 0.3 is 0 Å². The van der Waals surface area contributed by atoms with E-state index in [4.69, 9.17) is 4.74 Å². The fourth-order valence-electron chi connectivity index (χ4n) is 2.80. The van der Waals surface area contributed by atoms with E-state index in [9.17, 15) is 4.79 Å². The predicted octanol–water partition coefficient (Wildman–Crippen LogP) is 1.69. The molecular formula is C15H18N4O2. The Balaban J connectivity index is 1.98.